The molecule has 8 heteroatoms. The first-order chi connectivity index (χ1) is 6.29. The van der Waals surface area contributed by atoms with E-state index in [1.54, 1.807) is 22.6 Å². The van der Waals surface area contributed by atoms with Crippen LogP contribution in [0.5, 0.6) is 5.75 Å². The first-order valence-corrected chi connectivity index (χ1v) is 6.30. The quantitative estimate of drug-likeness (QED) is 0.400. The van der Waals surface area contributed by atoms with Gasteiger partial charge in [0.05, 0.1) is 0 Å². The van der Waals surface area contributed by atoms with Gasteiger partial charge >= 0.3 is 6.36 Å². The number of nitrogens with zero attached hydrogens (tertiary/aromatic N) is 1. The smallest absolute Gasteiger partial charge is 0.403 e. The molecule has 1 aromatic heterocycles. The Balaban J connectivity index is 3.04. The van der Waals surface area contributed by atoms with Crippen molar-refractivity contribution >= 4 is 67.8 Å². The fraction of sp³-hybridized carbons (Fsp3) is 0.167. The van der Waals surface area contributed by atoms with E-state index in [-0.39, 0.29) is 9.45 Å². The Labute approximate surface area is 118 Å². The minimum absolute atomic E-state index is 0.199. The Morgan fingerprint density at radius 3 is 2.21 bits per heavy atom. The maximum Gasteiger partial charge on any atom is 0.573 e. The zero-order valence-electron chi connectivity index (χ0n) is 6.20. The lowest BCUT2D eigenvalue weighted by Crippen LogP contribution is -2.18. The van der Waals surface area contributed by atoms with Crippen LogP contribution in [0.2, 0.25) is 0 Å². The summed E-state index contributed by atoms with van der Waals surface area (Å²) < 4.78 is 41.0. The van der Waals surface area contributed by atoms with Crippen LogP contribution in [0.3, 0.4) is 0 Å². The minimum atomic E-state index is -4.67. The van der Waals surface area contributed by atoms with Crippen molar-refractivity contribution < 1.29 is 17.9 Å². The number of alkyl halides is 3. The van der Waals surface area contributed by atoms with Gasteiger partial charge in [0.1, 0.15) is 7.40 Å². The molecule has 0 bridgehead atoms. The Morgan fingerprint density at radius 2 is 1.71 bits per heavy atom. The molecule has 0 saturated carbocycles. The molecule has 1 aromatic rings. The molecule has 0 aliphatic rings. The molecule has 0 aromatic carbocycles. The number of ether oxygens (including phenoxy) is 1. The van der Waals surface area contributed by atoms with Crippen molar-refractivity contribution in [2.45, 2.75) is 6.36 Å². The van der Waals surface area contributed by atoms with Crippen LogP contribution in [0.4, 0.5) is 13.2 Å². The second-order valence-electron chi connectivity index (χ2n) is 2.10. The van der Waals surface area contributed by atoms with Gasteiger partial charge < -0.3 is 4.74 Å². The highest BCUT2D eigenvalue weighted by atomic mass is 127. The van der Waals surface area contributed by atoms with Gasteiger partial charge in [-0.05, 0) is 73.8 Å². The number of aromatic nitrogens is 1. The Kier molecular flexibility index (Phi) is 4.50. The van der Waals surface area contributed by atoms with Crippen molar-refractivity contribution in [3.05, 3.63) is 17.0 Å². The molecule has 1 heterocycles. The fourth-order valence-corrected chi connectivity index (χ4v) is 2.39. The molecular weight excluding hydrogens is 540 g/mol. The molecule has 1 rings (SSSR count). The minimum Gasteiger partial charge on any atom is -0.403 e. The predicted octanol–water partition coefficient (Wildman–Crippen LogP) is 3.79. The molecule has 0 unspecified atom stereocenters. The average Bonchev–Trinajstić information content (AvgIpc) is 1.97. The van der Waals surface area contributed by atoms with Gasteiger partial charge in [0.25, 0.3) is 0 Å². The highest BCUT2D eigenvalue weighted by Gasteiger charge is 2.32. The standard InChI is InChI=1S/C6HF3I3NO/c7-6(8,9)14-3-1-2(10)4(11)13-5(3)12/h1H. The molecule has 0 N–H and O–H groups in total. The topological polar surface area (TPSA) is 22.1 Å². The highest BCUT2D eigenvalue weighted by Crippen LogP contribution is 2.29. The molecular formula is C6HF3I3NO. The number of hydrogen-bond donors (Lipinski definition) is 0. The molecule has 0 aliphatic carbocycles. The zero-order valence-corrected chi connectivity index (χ0v) is 12.7. The Hall–Kier alpha value is 0.930. The van der Waals surface area contributed by atoms with Gasteiger partial charge in [0, 0.05) is 3.57 Å². The van der Waals surface area contributed by atoms with Crippen LogP contribution in [-0.2, 0) is 0 Å². The second-order valence-corrected chi connectivity index (χ2v) is 5.30. The second kappa shape index (κ2) is 4.84. The highest BCUT2D eigenvalue weighted by molar-refractivity contribution is 14.1. The SMILES string of the molecule is FC(F)(F)Oc1cc(I)c(I)nc1I. The van der Waals surface area contributed by atoms with Crippen LogP contribution in [0.25, 0.3) is 0 Å². The van der Waals surface area contributed by atoms with Gasteiger partial charge in [0.15, 0.2) is 5.75 Å². The van der Waals surface area contributed by atoms with E-state index in [1.807, 2.05) is 45.2 Å². The van der Waals surface area contributed by atoms with Crippen molar-refractivity contribution in [1.29, 1.82) is 0 Å². The maximum absolute atomic E-state index is 11.9. The molecule has 78 valence electrons. The van der Waals surface area contributed by atoms with E-state index < -0.39 is 6.36 Å². The summed E-state index contributed by atoms with van der Waals surface area (Å²) >= 11 is 5.54. The van der Waals surface area contributed by atoms with E-state index in [4.69, 9.17) is 0 Å². The van der Waals surface area contributed by atoms with Gasteiger partial charge in [-0.2, -0.15) is 0 Å². The molecule has 0 radical (unpaired) electrons. The van der Waals surface area contributed by atoms with E-state index in [1.165, 1.54) is 6.07 Å². The lowest BCUT2D eigenvalue weighted by atomic mass is 10.5. The number of pyridine rings is 1. The summed E-state index contributed by atoms with van der Waals surface area (Å²) in [5.41, 5.74) is 0. The summed E-state index contributed by atoms with van der Waals surface area (Å²) in [4.78, 5) is 3.90. The predicted molar refractivity (Wildman–Crippen MR) is 69.1 cm³/mol. The molecule has 14 heavy (non-hydrogen) atoms. The van der Waals surface area contributed by atoms with Gasteiger partial charge in [-0.1, -0.05) is 0 Å². The maximum atomic E-state index is 11.9. The normalized spacial score (nSPS) is 11.6. The van der Waals surface area contributed by atoms with E-state index in [2.05, 4.69) is 9.72 Å². The van der Waals surface area contributed by atoms with Crippen LogP contribution in [0.15, 0.2) is 6.07 Å². The lowest BCUT2D eigenvalue weighted by molar-refractivity contribution is -0.275. The third-order valence-corrected chi connectivity index (χ3v) is 4.53. The van der Waals surface area contributed by atoms with Crippen molar-refractivity contribution in [1.82, 2.24) is 4.98 Å². The monoisotopic (exact) mass is 541 g/mol. The number of halogens is 6. The summed E-state index contributed by atoms with van der Waals surface area (Å²) in [6.07, 6.45) is -4.67. The molecule has 0 fully saturated rings. The summed E-state index contributed by atoms with van der Waals surface area (Å²) in [5.74, 6) is -0.261. The Bertz CT molecular complexity index is 355. The van der Waals surface area contributed by atoms with Crippen molar-refractivity contribution in [3.8, 4) is 5.75 Å². The summed E-state index contributed by atoms with van der Waals surface area (Å²) in [5, 5.41) is 0. The van der Waals surface area contributed by atoms with Crippen molar-refractivity contribution in [2.75, 3.05) is 0 Å². The molecule has 2 nitrogen and oxygen atoms in total. The van der Waals surface area contributed by atoms with Crippen LogP contribution >= 0.6 is 67.8 Å². The third-order valence-electron chi connectivity index (χ3n) is 1.08. The van der Waals surface area contributed by atoms with Crippen LogP contribution in [-0.4, -0.2) is 11.3 Å². The zero-order chi connectivity index (χ0) is 10.9. The number of hydrogen-bond acceptors (Lipinski definition) is 2. The van der Waals surface area contributed by atoms with Gasteiger partial charge in [-0.25, -0.2) is 4.98 Å². The third kappa shape index (κ3) is 3.83. The first kappa shape index (κ1) is 13.0. The van der Waals surface area contributed by atoms with Crippen molar-refractivity contribution in [3.63, 3.8) is 0 Å². The van der Waals surface area contributed by atoms with Crippen LogP contribution < -0.4 is 4.74 Å². The van der Waals surface area contributed by atoms with Gasteiger partial charge in [0.2, 0.25) is 0 Å². The molecule has 0 aliphatic heterocycles. The van der Waals surface area contributed by atoms with Crippen LogP contribution in [0.1, 0.15) is 0 Å². The van der Waals surface area contributed by atoms with E-state index >= 15 is 0 Å². The summed E-state index contributed by atoms with van der Waals surface area (Å²) in [6.45, 7) is 0. The summed E-state index contributed by atoms with van der Waals surface area (Å²) in [7, 11) is 0. The van der Waals surface area contributed by atoms with Crippen LogP contribution in [0, 0.1) is 11.0 Å². The van der Waals surface area contributed by atoms with Gasteiger partial charge in [-0.3, -0.25) is 0 Å². The molecule has 0 saturated heterocycles. The van der Waals surface area contributed by atoms with E-state index in [0.29, 0.717) is 7.27 Å². The molecule has 0 atom stereocenters. The lowest BCUT2D eigenvalue weighted by Gasteiger charge is -2.10. The average molecular weight is 541 g/mol. The van der Waals surface area contributed by atoms with Crippen molar-refractivity contribution in [2.24, 2.45) is 0 Å². The Morgan fingerprint density at radius 1 is 1.14 bits per heavy atom. The molecule has 0 spiro atoms. The largest absolute Gasteiger partial charge is 0.573 e. The number of rotatable bonds is 1. The van der Waals surface area contributed by atoms with E-state index in [9.17, 15) is 13.2 Å². The van der Waals surface area contributed by atoms with E-state index in [0.717, 1.165) is 0 Å². The first-order valence-electron chi connectivity index (χ1n) is 3.07. The molecule has 0 amide bonds. The fourth-order valence-electron chi connectivity index (χ4n) is 0.625. The summed E-state index contributed by atoms with van der Waals surface area (Å²) in [6, 6.07) is 1.31. The van der Waals surface area contributed by atoms with Gasteiger partial charge in [-0.15, -0.1) is 13.2 Å².